The summed E-state index contributed by atoms with van der Waals surface area (Å²) < 4.78 is 2.14. The molecule has 3 rings (SSSR count). The van der Waals surface area contributed by atoms with Gasteiger partial charge < -0.3 is 5.32 Å². The lowest BCUT2D eigenvalue weighted by molar-refractivity contribution is 0.102. The van der Waals surface area contributed by atoms with Crippen LogP contribution >= 0.6 is 27.3 Å². The van der Waals surface area contributed by atoms with Crippen LogP contribution in [-0.2, 0) is 0 Å². The number of carbonyl (C=O) groups is 1. The third-order valence-electron chi connectivity index (χ3n) is 3.16. The van der Waals surface area contributed by atoms with Crippen LogP contribution in [0.1, 0.15) is 15.9 Å². The van der Waals surface area contributed by atoms with Crippen molar-refractivity contribution in [3.8, 4) is 0 Å². The average molecular weight is 346 g/mol. The first-order chi connectivity index (χ1) is 9.65. The predicted octanol–water partition coefficient (Wildman–Crippen LogP) is 5.22. The Balaban J connectivity index is 1.93. The molecule has 0 bridgehead atoms. The van der Waals surface area contributed by atoms with E-state index < -0.39 is 0 Å². The topological polar surface area (TPSA) is 29.1 Å². The number of nitrogens with one attached hydrogen (secondary N) is 1. The summed E-state index contributed by atoms with van der Waals surface area (Å²) in [6.45, 7) is 1.98. The lowest BCUT2D eigenvalue weighted by Gasteiger charge is -2.08. The largest absolute Gasteiger partial charge is 0.322 e. The molecule has 1 heterocycles. The van der Waals surface area contributed by atoms with E-state index in [0.29, 0.717) is 0 Å². The van der Waals surface area contributed by atoms with Gasteiger partial charge >= 0.3 is 0 Å². The van der Waals surface area contributed by atoms with Gasteiger partial charge in [0.05, 0.1) is 5.56 Å². The van der Waals surface area contributed by atoms with Gasteiger partial charge in [0.2, 0.25) is 0 Å². The monoisotopic (exact) mass is 345 g/mol. The first kappa shape index (κ1) is 13.3. The molecule has 0 spiro atoms. The minimum Gasteiger partial charge on any atom is -0.322 e. The smallest absolute Gasteiger partial charge is 0.257 e. The molecule has 1 N–H and O–H groups in total. The summed E-state index contributed by atoms with van der Waals surface area (Å²) in [4.78, 5) is 12.4. The molecule has 0 aliphatic rings. The fourth-order valence-electron chi connectivity index (χ4n) is 2.11. The standard InChI is InChI=1S/C16H12BrNOS/c1-10-8-11(17)6-7-14(10)18-16(19)13-9-20-15-5-3-2-4-12(13)15/h2-9H,1H3,(H,18,19). The summed E-state index contributed by atoms with van der Waals surface area (Å²) in [6, 6.07) is 13.8. The van der Waals surface area contributed by atoms with Crippen LogP contribution in [0.15, 0.2) is 52.3 Å². The first-order valence-electron chi connectivity index (χ1n) is 6.19. The molecule has 4 heteroatoms. The highest BCUT2D eigenvalue weighted by atomic mass is 79.9. The van der Waals surface area contributed by atoms with Gasteiger partial charge in [0, 0.05) is 25.6 Å². The normalized spacial score (nSPS) is 10.7. The fourth-order valence-corrected chi connectivity index (χ4v) is 3.53. The molecule has 20 heavy (non-hydrogen) atoms. The van der Waals surface area contributed by atoms with E-state index in [9.17, 15) is 4.79 Å². The Kier molecular flexibility index (Phi) is 3.59. The van der Waals surface area contributed by atoms with Crippen LogP contribution in [0.3, 0.4) is 0 Å². The number of amides is 1. The van der Waals surface area contributed by atoms with Crippen LogP contribution in [0.4, 0.5) is 5.69 Å². The van der Waals surface area contributed by atoms with Crippen LogP contribution in [0.5, 0.6) is 0 Å². The van der Waals surface area contributed by atoms with Gasteiger partial charge in [-0.2, -0.15) is 0 Å². The molecule has 0 fully saturated rings. The van der Waals surface area contributed by atoms with Crippen molar-refractivity contribution in [1.82, 2.24) is 0 Å². The maximum absolute atomic E-state index is 12.4. The summed E-state index contributed by atoms with van der Waals surface area (Å²) in [7, 11) is 0. The number of aryl methyl sites for hydroxylation is 1. The van der Waals surface area contributed by atoms with Crippen molar-refractivity contribution in [2.75, 3.05) is 5.32 Å². The van der Waals surface area contributed by atoms with Gasteiger partial charge in [0.25, 0.3) is 5.91 Å². The molecule has 0 radical (unpaired) electrons. The molecule has 3 aromatic rings. The van der Waals surface area contributed by atoms with Crippen LogP contribution in [0.2, 0.25) is 0 Å². The predicted molar refractivity (Wildman–Crippen MR) is 88.7 cm³/mol. The van der Waals surface area contributed by atoms with E-state index in [2.05, 4.69) is 21.2 Å². The average Bonchev–Trinajstić information content (AvgIpc) is 2.86. The van der Waals surface area contributed by atoms with Crippen LogP contribution < -0.4 is 5.32 Å². The molecule has 1 amide bonds. The van der Waals surface area contributed by atoms with Gasteiger partial charge in [-0.1, -0.05) is 34.1 Å². The minimum atomic E-state index is -0.0622. The van der Waals surface area contributed by atoms with E-state index in [0.717, 1.165) is 31.4 Å². The highest BCUT2D eigenvalue weighted by molar-refractivity contribution is 9.10. The second kappa shape index (κ2) is 5.38. The Hall–Kier alpha value is -1.65. The Bertz CT molecular complexity index is 794. The van der Waals surface area contributed by atoms with Crippen molar-refractivity contribution >= 4 is 48.9 Å². The number of thiophene rings is 1. The number of hydrogen-bond acceptors (Lipinski definition) is 2. The van der Waals surface area contributed by atoms with E-state index in [4.69, 9.17) is 0 Å². The lowest BCUT2D eigenvalue weighted by Crippen LogP contribution is -2.12. The van der Waals surface area contributed by atoms with Gasteiger partial charge in [-0.15, -0.1) is 11.3 Å². The molecule has 0 saturated heterocycles. The number of benzene rings is 2. The van der Waals surface area contributed by atoms with E-state index in [1.165, 1.54) is 0 Å². The quantitative estimate of drug-likeness (QED) is 0.677. The van der Waals surface area contributed by atoms with Crippen molar-refractivity contribution in [3.05, 3.63) is 63.4 Å². The summed E-state index contributed by atoms with van der Waals surface area (Å²) in [5.41, 5.74) is 2.61. The van der Waals surface area contributed by atoms with Crippen molar-refractivity contribution in [3.63, 3.8) is 0 Å². The number of carbonyl (C=O) groups excluding carboxylic acids is 1. The Morgan fingerprint density at radius 3 is 2.80 bits per heavy atom. The van der Waals surface area contributed by atoms with Crippen molar-refractivity contribution < 1.29 is 4.79 Å². The zero-order chi connectivity index (χ0) is 14.1. The highest BCUT2D eigenvalue weighted by Gasteiger charge is 2.12. The number of anilines is 1. The van der Waals surface area contributed by atoms with E-state index in [-0.39, 0.29) is 5.91 Å². The molecule has 0 aliphatic heterocycles. The van der Waals surface area contributed by atoms with Crippen LogP contribution in [0.25, 0.3) is 10.1 Å². The third-order valence-corrected chi connectivity index (χ3v) is 4.62. The number of rotatable bonds is 2. The molecular formula is C16H12BrNOS. The van der Waals surface area contributed by atoms with Crippen LogP contribution in [-0.4, -0.2) is 5.91 Å². The third kappa shape index (κ3) is 2.49. The molecule has 0 saturated carbocycles. The van der Waals surface area contributed by atoms with E-state index >= 15 is 0 Å². The SMILES string of the molecule is Cc1cc(Br)ccc1NC(=O)c1csc2ccccc12. The van der Waals surface area contributed by atoms with Gasteiger partial charge in [-0.05, 0) is 36.8 Å². The minimum absolute atomic E-state index is 0.0622. The van der Waals surface area contributed by atoms with E-state index in [1.807, 2.05) is 54.8 Å². The second-order valence-electron chi connectivity index (χ2n) is 4.56. The van der Waals surface area contributed by atoms with Gasteiger partial charge in [0.15, 0.2) is 0 Å². The molecule has 2 nitrogen and oxygen atoms in total. The molecule has 0 atom stereocenters. The van der Waals surface area contributed by atoms with Crippen LogP contribution in [0, 0.1) is 6.92 Å². The highest BCUT2D eigenvalue weighted by Crippen LogP contribution is 2.27. The molecular weight excluding hydrogens is 334 g/mol. The van der Waals surface area contributed by atoms with E-state index in [1.54, 1.807) is 11.3 Å². The van der Waals surface area contributed by atoms with Gasteiger partial charge in [0.1, 0.15) is 0 Å². The summed E-state index contributed by atoms with van der Waals surface area (Å²) in [5, 5.41) is 5.89. The summed E-state index contributed by atoms with van der Waals surface area (Å²) in [5.74, 6) is -0.0622. The van der Waals surface area contributed by atoms with Crippen molar-refractivity contribution in [1.29, 1.82) is 0 Å². The molecule has 100 valence electrons. The van der Waals surface area contributed by atoms with Crippen molar-refractivity contribution in [2.24, 2.45) is 0 Å². The number of fused-ring (bicyclic) bond motifs is 1. The Labute approximate surface area is 129 Å². The molecule has 0 unspecified atom stereocenters. The van der Waals surface area contributed by atoms with Gasteiger partial charge in [-0.3, -0.25) is 4.79 Å². The second-order valence-corrected chi connectivity index (χ2v) is 6.39. The maximum atomic E-state index is 12.4. The summed E-state index contributed by atoms with van der Waals surface area (Å²) >= 11 is 5.01. The maximum Gasteiger partial charge on any atom is 0.257 e. The zero-order valence-electron chi connectivity index (χ0n) is 10.8. The first-order valence-corrected chi connectivity index (χ1v) is 7.86. The Morgan fingerprint density at radius 2 is 2.00 bits per heavy atom. The molecule has 0 aliphatic carbocycles. The molecule has 1 aromatic heterocycles. The summed E-state index contributed by atoms with van der Waals surface area (Å²) in [6.07, 6.45) is 0. The number of hydrogen-bond donors (Lipinski definition) is 1. The zero-order valence-corrected chi connectivity index (χ0v) is 13.2. The fraction of sp³-hybridized carbons (Fsp3) is 0.0625. The van der Waals surface area contributed by atoms with Crippen molar-refractivity contribution in [2.45, 2.75) is 6.92 Å². The lowest BCUT2D eigenvalue weighted by atomic mass is 10.1. The Morgan fingerprint density at radius 1 is 1.20 bits per heavy atom. The van der Waals surface area contributed by atoms with Gasteiger partial charge in [-0.25, -0.2) is 0 Å². The molecule has 2 aromatic carbocycles. The number of halogens is 1.